The van der Waals surface area contributed by atoms with Gasteiger partial charge in [0.25, 0.3) is 0 Å². The lowest BCUT2D eigenvalue weighted by Crippen LogP contribution is -2.53. The molecule has 0 N–H and O–H groups in total. The van der Waals surface area contributed by atoms with E-state index in [0.717, 1.165) is 11.3 Å². The Morgan fingerprint density at radius 2 is 1.61 bits per heavy atom. The third-order valence-corrected chi connectivity index (χ3v) is 6.41. The lowest BCUT2D eigenvalue weighted by Gasteiger charge is -2.40. The van der Waals surface area contributed by atoms with Crippen molar-refractivity contribution in [1.82, 2.24) is 4.31 Å². The molecule has 5 heteroatoms. The second-order valence-electron chi connectivity index (χ2n) is 6.01. The first-order chi connectivity index (χ1) is 11.0. The summed E-state index contributed by atoms with van der Waals surface area (Å²) in [4.78, 5) is 2.68. The maximum atomic E-state index is 12.9. The Hall–Kier alpha value is -1.85. The zero-order chi connectivity index (χ0) is 16.4. The van der Waals surface area contributed by atoms with Crippen molar-refractivity contribution in [2.45, 2.75) is 24.8 Å². The van der Waals surface area contributed by atoms with E-state index in [1.165, 1.54) is 0 Å². The molecule has 1 heterocycles. The lowest BCUT2D eigenvalue weighted by molar-refractivity contribution is 0.342. The fraction of sp³-hybridized carbons (Fsp3) is 0.333. The minimum Gasteiger partial charge on any atom is -0.366 e. The number of para-hydroxylation sites is 1. The summed E-state index contributed by atoms with van der Waals surface area (Å²) in [6.07, 6.45) is 0. The molecule has 1 aliphatic heterocycles. The second-order valence-corrected chi connectivity index (χ2v) is 7.91. The molecule has 3 rings (SSSR count). The molecule has 0 amide bonds. The van der Waals surface area contributed by atoms with Crippen LogP contribution in [-0.4, -0.2) is 38.4 Å². The molecule has 0 aromatic heterocycles. The molecule has 1 aliphatic rings. The summed E-state index contributed by atoms with van der Waals surface area (Å²) in [5, 5.41) is 0. The first-order valence-electron chi connectivity index (χ1n) is 7.87. The van der Waals surface area contributed by atoms with Crippen LogP contribution >= 0.6 is 0 Å². The van der Waals surface area contributed by atoms with E-state index in [1.807, 2.05) is 37.3 Å². The fourth-order valence-corrected chi connectivity index (χ4v) is 4.87. The van der Waals surface area contributed by atoms with Gasteiger partial charge < -0.3 is 4.90 Å². The Kier molecular flexibility index (Phi) is 4.41. The highest BCUT2D eigenvalue weighted by Gasteiger charge is 2.32. The van der Waals surface area contributed by atoms with Gasteiger partial charge in [-0.2, -0.15) is 4.31 Å². The van der Waals surface area contributed by atoms with Gasteiger partial charge in [0.05, 0.1) is 4.90 Å². The van der Waals surface area contributed by atoms with Gasteiger partial charge in [-0.3, -0.25) is 0 Å². The Labute approximate surface area is 138 Å². The fourth-order valence-electron chi connectivity index (χ4n) is 3.13. The summed E-state index contributed by atoms with van der Waals surface area (Å²) < 4.78 is 27.4. The third-order valence-electron chi connectivity index (χ3n) is 4.39. The van der Waals surface area contributed by atoms with Crippen molar-refractivity contribution in [3.8, 4) is 0 Å². The van der Waals surface area contributed by atoms with Gasteiger partial charge in [-0.15, -0.1) is 0 Å². The molecular weight excluding hydrogens is 308 g/mol. The molecular formula is C18H22N2O2S. The van der Waals surface area contributed by atoms with Crippen LogP contribution in [0.2, 0.25) is 0 Å². The Morgan fingerprint density at radius 1 is 0.957 bits per heavy atom. The van der Waals surface area contributed by atoms with Crippen LogP contribution in [-0.2, 0) is 10.0 Å². The number of anilines is 1. The number of piperazine rings is 1. The van der Waals surface area contributed by atoms with Gasteiger partial charge in [-0.05, 0) is 37.6 Å². The molecule has 1 saturated heterocycles. The van der Waals surface area contributed by atoms with Crippen LogP contribution in [0.5, 0.6) is 0 Å². The van der Waals surface area contributed by atoms with Crippen molar-refractivity contribution < 1.29 is 8.42 Å². The summed E-state index contributed by atoms with van der Waals surface area (Å²) >= 11 is 0. The quantitative estimate of drug-likeness (QED) is 0.869. The topological polar surface area (TPSA) is 40.6 Å². The lowest BCUT2D eigenvalue weighted by atomic mass is 10.2. The molecule has 23 heavy (non-hydrogen) atoms. The van der Waals surface area contributed by atoms with E-state index in [0.29, 0.717) is 24.5 Å². The maximum Gasteiger partial charge on any atom is 0.243 e. The number of sulfonamides is 1. The van der Waals surface area contributed by atoms with Crippen molar-refractivity contribution in [3.63, 3.8) is 0 Å². The van der Waals surface area contributed by atoms with Crippen LogP contribution in [0.4, 0.5) is 5.69 Å². The largest absolute Gasteiger partial charge is 0.366 e. The summed E-state index contributed by atoms with van der Waals surface area (Å²) in [5.41, 5.74) is 1.94. The first-order valence-corrected chi connectivity index (χ1v) is 9.31. The van der Waals surface area contributed by atoms with Gasteiger partial charge in [-0.25, -0.2) is 8.42 Å². The number of rotatable bonds is 3. The molecule has 0 spiro atoms. The highest BCUT2D eigenvalue weighted by molar-refractivity contribution is 7.89. The van der Waals surface area contributed by atoms with Gasteiger partial charge in [0.2, 0.25) is 10.0 Å². The van der Waals surface area contributed by atoms with E-state index in [-0.39, 0.29) is 6.04 Å². The zero-order valence-electron chi connectivity index (χ0n) is 13.5. The second kappa shape index (κ2) is 6.34. The molecule has 0 radical (unpaired) electrons. The number of benzene rings is 2. The smallest absolute Gasteiger partial charge is 0.243 e. The minimum atomic E-state index is -3.42. The average molecular weight is 330 g/mol. The summed E-state index contributed by atoms with van der Waals surface area (Å²) in [5.74, 6) is 0. The van der Waals surface area contributed by atoms with Crippen molar-refractivity contribution in [2.75, 3.05) is 24.5 Å². The molecule has 2 aromatic carbocycles. The molecule has 4 nitrogen and oxygen atoms in total. The van der Waals surface area contributed by atoms with Gasteiger partial charge in [0.15, 0.2) is 0 Å². The molecule has 2 aromatic rings. The standard InChI is InChI=1S/C18H22N2O2S/c1-15-8-6-7-11-18(15)23(21,22)19-12-13-20(16(2)14-19)17-9-4-3-5-10-17/h3-11,16H,12-14H2,1-2H3. The van der Waals surface area contributed by atoms with E-state index in [1.54, 1.807) is 16.4 Å². The van der Waals surface area contributed by atoms with Crippen molar-refractivity contribution in [3.05, 3.63) is 60.2 Å². The average Bonchev–Trinajstić information content (AvgIpc) is 2.56. The maximum absolute atomic E-state index is 12.9. The number of nitrogens with zero attached hydrogens (tertiary/aromatic N) is 2. The zero-order valence-corrected chi connectivity index (χ0v) is 14.3. The predicted molar refractivity (Wildman–Crippen MR) is 93.2 cm³/mol. The molecule has 1 unspecified atom stereocenters. The van der Waals surface area contributed by atoms with Crippen LogP contribution in [0, 0.1) is 6.92 Å². The number of aryl methyl sites for hydroxylation is 1. The highest BCUT2D eigenvalue weighted by atomic mass is 32.2. The van der Waals surface area contributed by atoms with Gasteiger partial charge in [-0.1, -0.05) is 36.4 Å². The van der Waals surface area contributed by atoms with Gasteiger partial charge in [0.1, 0.15) is 0 Å². The van der Waals surface area contributed by atoms with Crippen molar-refractivity contribution in [2.24, 2.45) is 0 Å². The van der Waals surface area contributed by atoms with Gasteiger partial charge >= 0.3 is 0 Å². The Balaban J connectivity index is 1.81. The highest BCUT2D eigenvalue weighted by Crippen LogP contribution is 2.25. The normalized spacial score (nSPS) is 19.7. The van der Waals surface area contributed by atoms with Crippen molar-refractivity contribution >= 4 is 15.7 Å². The van der Waals surface area contributed by atoms with Crippen LogP contribution in [0.3, 0.4) is 0 Å². The molecule has 122 valence electrons. The number of hydrogen-bond acceptors (Lipinski definition) is 3. The van der Waals surface area contributed by atoms with Crippen LogP contribution < -0.4 is 4.90 Å². The van der Waals surface area contributed by atoms with Crippen LogP contribution in [0.15, 0.2) is 59.5 Å². The van der Waals surface area contributed by atoms with Crippen molar-refractivity contribution in [1.29, 1.82) is 0 Å². The Morgan fingerprint density at radius 3 is 2.26 bits per heavy atom. The van der Waals surface area contributed by atoms with Gasteiger partial charge in [0, 0.05) is 31.4 Å². The minimum absolute atomic E-state index is 0.143. The molecule has 0 bridgehead atoms. The van der Waals surface area contributed by atoms with Crippen LogP contribution in [0.1, 0.15) is 12.5 Å². The third kappa shape index (κ3) is 3.12. The molecule has 0 saturated carbocycles. The monoisotopic (exact) mass is 330 g/mol. The van der Waals surface area contributed by atoms with E-state index in [9.17, 15) is 8.42 Å². The van der Waals surface area contributed by atoms with E-state index in [4.69, 9.17) is 0 Å². The summed E-state index contributed by atoms with van der Waals surface area (Å²) in [6.45, 7) is 5.64. The van der Waals surface area contributed by atoms with E-state index in [2.05, 4.69) is 24.0 Å². The van der Waals surface area contributed by atoms with E-state index >= 15 is 0 Å². The SMILES string of the molecule is Cc1ccccc1S(=O)(=O)N1CCN(c2ccccc2)C(C)C1. The molecule has 0 aliphatic carbocycles. The predicted octanol–water partition coefficient (Wildman–Crippen LogP) is 2.89. The summed E-state index contributed by atoms with van der Waals surface area (Å²) in [6, 6.07) is 17.5. The summed E-state index contributed by atoms with van der Waals surface area (Å²) in [7, 11) is -3.42. The number of hydrogen-bond donors (Lipinski definition) is 0. The van der Waals surface area contributed by atoms with E-state index < -0.39 is 10.0 Å². The van der Waals surface area contributed by atoms with Crippen LogP contribution in [0.25, 0.3) is 0 Å². The molecule has 1 atom stereocenters. The first kappa shape index (κ1) is 16.0. The Bertz CT molecular complexity index is 775. The molecule has 1 fully saturated rings.